The zero-order chi connectivity index (χ0) is 24.1. The normalized spacial score (nSPS) is 12.3. The summed E-state index contributed by atoms with van der Waals surface area (Å²) in [7, 11) is 0. The summed E-state index contributed by atoms with van der Waals surface area (Å²) in [5, 5.41) is 0. The molecule has 1 aliphatic rings. The Hall–Kier alpha value is -3.51. The molecule has 0 radical (unpaired) electrons. The van der Waals surface area contributed by atoms with Crippen LogP contribution < -0.4 is 4.90 Å². The van der Waals surface area contributed by atoms with E-state index in [2.05, 4.69) is 54.3 Å². The highest BCUT2D eigenvalue weighted by Crippen LogP contribution is 2.48. The van der Waals surface area contributed by atoms with Crippen LogP contribution >= 0.6 is 11.8 Å². The molecule has 0 saturated heterocycles. The van der Waals surface area contributed by atoms with Gasteiger partial charge in [-0.15, -0.1) is 0 Å². The first-order chi connectivity index (χ1) is 16.5. The van der Waals surface area contributed by atoms with Crippen LogP contribution in [0, 0.1) is 0 Å². The minimum Gasteiger partial charge on any atom is -0.462 e. The predicted molar refractivity (Wildman–Crippen MR) is 137 cm³/mol. The second kappa shape index (κ2) is 10.6. The SMILES string of the molecule is CCOC(=O)c1ccc(C(=O)OCC)c(C=Cc2ccc3c(c2)N(CC)c2ccccc2S3)c1. The van der Waals surface area contributed by atoms with Gasteiger partial charge in [-0.3, -0.25) is 0 Å². The van der Waals surface area contributed by atoms with Crippen molar-refractivity contribution in [2.75, 3.05) is 24.7 Å². The number of carbonyl (C=O) groups excluding carboxylic acids is 2. The lowest BCUT2D eigenvalue weighted by molar-refractivity contribution is 0.0511. The first kappa shape index (κ1) is 23.6. The fourth-order valence-electron chi connectivity index (χ4n) is 3.91. The van der Waals surface area contributed by atoms with Crippen molar-refractivity contribution in [1.82, 2.24) is 0 Å². The molecule has 0 aromatic heterocycles. The van der Waals surface area contributed by atoms with Crippen LogP contribution in [0.25, 0.3) is 12.2 Å². The maximum Gasteiger partial charge on any atom is 0.338 e. The Bertz CT molecular complexity index is 1250. The summed E-state index contributed by atoms with van der Waals surface area (Å²) >= 11 is 1.77. The molecule has 6 heteroatoms. The minimum atomic E-state index is -0.423. The van der Waals surface area contributed by atoms with Crippen LogP contribution in [-0.4, -0.2) is 31.7 Å². The number of carbonyl (C=O) groups is 2. The summed E-state index contributed by atoms with van der Waals surface area (Å²) in [6.07, 6.45) is 3.79. The average molecular weight is 474 g/mol. The van der Waals surface area contributed by atoms with Crippen molar-refractivity contribution in [3.05, 3.63) is 82.9 Å². The Labute approximate surface area is 204 Å². The lowest BCUT2D eigenvalue weighted by atomic mass is 10.0. The number of nitrogens with zero attached hydrogens (tertiary/aromatic N) is 1. The Kier molecular flexibility index (Phi) is 7.38. The molecule has 174 valence electrons. The average Bonchev–Trinajstić information content (AvgIpc) is 2.86. The van der Waals surface area contributed by atoms with E-state index in [0.717, 1.165) is 17.8 Å². The van der Waals surface area contributed by atoms with Gasteiger partial charge in [-0.25, -0.2) is 9.59 Å². The molecule has 0 saturated carbocycles. The Morgan fingerprint density at radius 3 is 2.32 bits per heavy atom. The third-order valence-electron chi connectivity index (χ3n) is 5.48. The first-order valence-corrected chi connectivity index (χ1v) is 12.2. The van der Waals surface area contributed by atoms with E-state index >= 15 is 0 Å². The molecule has 4 rings (SSSR count). The zero-order valence-electron chi connectivity index (χ0n) is 19.5. The van der Waals surface area contributed by atoms with Crippen LogP contribution in [0.4, 0.5) is 11.4 Å². The van der Waals surface area contributed by atoms with E-state index in [-0.39, 0.29) is 13.2 Å². The van der Waals surface area contributed by atoms with Gasteiger partial charge < -0.3 is 14.4 Å². The number of hydrogen-bond acceptors (Lipinski definition) is 6. The predicted octanol–water partition coefficient (Wildman–Crippen LogP) is 6.83. The van der Waals surface area contributed by atoms with Crippen LogP contribution in [0.5, 0.6) is 0 Å². The summed E-state index contributed by atoms with van der Waals surface area (Å²) in [5.74, 6) is -0.844. The fourth-order valence-corrected chi connectivity index (χ4v) is 4.99. The summed E-state index contributed by atoms with van der Waals surface area (Å²) in [4.78, 5) is 29.5. The van der Waals surface area contributed by atoms with Crippen molar-refractivity contribution >= 4 is 47.2 Å². The van der Waals surface area contributed by atoms with E-state index in [9.17, 15) is 9.59 Å². The van der Waals surface area contributed by atoms with Crippen molar-refractivity contribution in [2.24, 2.45) is 0 Å². The van der Waals surface area contributed by atoms with E-state index in [1.165, 1.54) is 15.5 Å². The quantitative estimate of drug-likeness (QED) is 0.277. The third kappa shape index (κ3) is 4.87. The highest BCUT2D eigenvalue weighted by atomic mass is 32.2. The maximum atomic E-state index is 12.5. The number of rotatable bonds is 7. The molecule has 1 heterocycles. The Balaban J connectivity index is 1.69. The highest BCUT2D eigenvalue weighted by molar-refractivity contribution is 7.99. The van der Waals surface area contributed by atoms with Crippen LogP contribution in [0.2, 0.25) is 0 Å². The largest absolute Gasteiger partial charge is 0.462 e. The van der Waals surface area contributed by atoms with E-state index in [0.29, 0.717) is 16.7 Å². The van der Waals surface area contributed by atoms with Crippen molar-refractivity contribution in [2.45, 2.75) is 30.6 Å². The number of benzene rings is 3. The van der Waals surface area contributed by atoms with Gasteiger partial charge in [-0.1, -0.05) is 42.1 Å². The van der Waals surface area contributed by atoms with Crippen LogP contribution in [-0.2, 0) is 9.47 Å². The van der Waals surface area contributed by atoms with E-state index in [1.807, 2.05) is 12.2 Å². The molecule has 0 atom stereocenters. The lowest BCUT2D eigenvalue weighted by Gasteiger charge is -2.32. The molecule has 0 N–H and O–H groups in total. The van der Waals surface area contributed by atoms with Gasteiger partial charge in [0.05, 0.1) is 35.7 Å². The molecule has 1 aliphatic heterocycles. The molecule has 0 amide bonds. The second-order valence-electron chi connectivity index (χ2n) is 7.62. The minimum absolute atomic E-state index is 0.276. The maximum absolute atomic E-state index is 12.5. The molecule has 0 aliphatic carbocycles. The van der Waals surface area contributed by atoms with Gasteiger partial charge in [-0.05, 0) is 74.4 Å². The van der Waals surface area contributed by atoms with Gasteiger partial charge >= 0.3 is 11.9 Å². The summed E-state index contributed by atoms with van der Waals surface area (Å²) in [6.45, 7) is 7.09. The summed E-state index contributed by atoms with van der Waals surface area (Å²) in [6, 6.07) is 19.6. The van der Waals surface area contributed by atoms with Gasteiger partial charge in [0.2, 0.25) is 0 Å². The third-order valence-corrected chi connectivity index (χ3v) is 6.61. The number of anilines is 2. The Morgan fingerprint density at radius 1 is 0.824 bits per heavy atom. The molecule has 3 aromatic rings. The molecule has 5 nitrogen and oxygen atoms in total. The second-order valence-corrected chi connectivity index (χ2v) is 8.70. The lowest BCUT2D eigenvalue weighted by Crippen LogP contribution is -2.19. The van der Waals surface area contributed by atoms with Crippen molar-refractivity contribution in [3.8, 4) is 0 Å². The zero-order valence-corrected chi connectivity index (χ0v) is 20.4. The summed E-state index contributed by atoms with van der Waals surface area (Å²) in [5.41, 5.74) is 4.76. The molecule has 0 spiro atoms. The molecule has 0 fully saturated rings. The van der Waals surface area contributed by atoms with Gasteiger partial charge in [0, 0.05) is 16.3 Å². The van der Waals surface area contributed by atoms with Crippen LogP contribution in [0.15, 0.2) is 70.5 Å². The highest BCUT2D eigenvalue weighted by Gasteiger charge is 2.22. The molecular weight excluding hydrogens is 446 g/mol. The van der Waals surface area contributed by atoms with Crippen molar-refractivity contribution < 1.29 is 19.1 Å². The Morgan fingerprint density at radius 2 is 1.56 bits per heavy atom. The number of esters is 2. The number of ether oxygens (including phenoxy) is 2. The van der Waals surface area contributed by atoms with Gasteiger partial charge in [-0.2, -0.15) is 0 Å². The summed E-state index contributed by atoms with van der Waals surface area (Å²) < 4.78 is 10.3. The molecular formula is C28H27NO4S. The number of hydrogen-bond donors (Lipinski definition) is 0. The first-order valence-electron chi connectivity index (χ1n) is 11.4. The smallest absolute Gasteiger partial charge is 0.338 e. The molecule has 0 bridgehead atoms. The van der Waals surface area contributed by atoms with Crippen molar-refractivity contribution in [1.29, 1.82) is 0 Å². The molecule has 34 heavy (non-hydrogen) atoms. The number of para-hydroxylation sites is 1. The monoisotopic (exact) mass is 473 g/mol. The van der Waals surface area contributed by atoms with Gasteiger partial charge in [0.1, 0.15) is 0 Å². The van der Waals surface area contributed by atoms with Gasteiger partial charge in [0.25, 0.3) is 0 Å². The fraction of sp³-hybridized carbons (Fsp3) is 0.214. The van der Waals surface area contributed by atoms with Crippen LogP contribution in [0.3, 0.4) is 0 Å². The van der Waals surface area contributed by atoms with E-state index in [4.69, 9.17) is 9.47 Å². The molecule has 3 aromatic carbocycles. The molecule has 0 unspecified atom stereocenters. The van der Waals surface area contributed by atoms with E-state index < -0.39 is 11.9 Å². The topological polar surface area (TPSA) is 55.8 Å². The van der Waals surface area contributed by atoms with Crippen molar-refractivity contribution in [3.63, 3.8) is 0 Å². The van der Waals surface area contributed by atoms with Crippen LogP contribution in [0.1, 0.15) is 52.6 Å². The van der Waals surface area contributed by atoms with Gasteiger partial charge in [0.15, 0.2) is 0 Å². The van der Waals surface area contributed by atoms with E-state index in [1.54, 1.807) is 43.8 Å². The standard InChI is InChI=1S/C28H27NO4S/c1-4-29-23-9-7-8-10-25(23)34-26-16-12-19(17-24(26)29)11-13-20-18-21(27(30)32-5-2)14-15-22(20)28(31)33-6-3/h7-18H,4-6H2,1-3H3. The number of fused-ring (bicyclic) bond motifs is 2.